The van der Waals surface area contributed by atoms with Crippen LogP contribution in [0.3, 0.4) is 0 Å². The standard InChI is InChI=1S/C26H28N6O4S/c1-31-22-7-3-2-6-21(22)25-18(16-24(31)34)17-27-26(30-25)29-19-9-11-20(12-10-19)37(35,36)28-13-5-15-32-14-4-8-23(32)33/h2-3,6-7,9-12,17,28H,4-5,8,13-16H2,1H3,(H,27,29,30). The summed E-state index contributed by atoms with van der Waals surface area (Å²) in [6, 6.07) is 13.9. The fourth-order valence-corrected chi connectivity index (χ4v) is 5.63. The number of hydrogen-bond acceptors (Lipinski definition) is 7. The van der Waals surface area contributed by atoms with E-state index in [1.165, 1.54) is 12.1 Å². The molecular weight excluding hydrogens is 492 g/mol. The summed E-state index contributed by atoms with van der Waals surface area (Å²) in [7, 11) is -1.92. The number of fused-ring (bicyclic) bond motifs is 3. The van der Waals surface area contributed by atoms with Gasteiger partial charge < -0.3 is 15.1 Å². The van der Waals surface area contributed by atoms with Gasteiger partial charge in [-0.1, -0.05) is 18.2 Å². The number of nitrogens with zero attached hydrogens (tertiary/aromatic N) is 4. The van der Waals surface area contributed by atoms with Crippen LogP contribution in [-0.2, 0) is 26.0 Å². The van der Waals surface area contributed by atoms with Gasteiger partial charge in [-0.3, -0.25) is 9.59 Å². The summed E-state index contributed by atoms with van der Waals surface area (Å²) in [4.78, 5) is 36.8. The van der Waals surface area contributed by atoms with Crippen molar-refractivity contribution in [2.24, 2.45) is 0 Å². The Balaban J connectivity index is 1.26. The Morgan fingerprint density at radius 1 is 1.03 bits per heavy atom. The lowest BCUT2D eigenvalue weighted by Gasteiger charge is -2.16. The summed E-state index contributed by atoms with van der Waals surface area (Å²) in [5.74, 6) is 0.440. The largest absolute Gasteiger partial charge is 0.343 e. The molecule has 1 aromatic heterocycles. The van der Waals surface area contributed by atoms with Crippen LogP contribution >= 0.6 is 0 Å². The van der Waals surface area contributed by atoms with E-state index in [2.05, 4.69) is 20.0 Å². The van der Waals surface area contributed by atoms with Gasteiger partial charge in [0.2, 0.25) is 27.8 Å². The molecule has 3 heterocycles. The molecule has 2 N–H and O–H groups in total. The maximum absolute atomic E-state index is 12.7. The maximum Gasteiger partial charge on any atom is 0.240 e. The third-order valence-corrected chi connectivity index (χ3v) is 8.07. The molecule has 0 unspecified atom stereocenters. The summed E-state index contributed by atoms with van der Waals surface area (Å²) in [5.41, 5.74) is 3.68. The first-order chi connectivity index (χ1) is 17.8. The molecule has 0 saturated carbocycles. The smallest absolute Gasteiger partial charge is 0.240 e. The zero-order chi connectivity index (χ0) is 26.0. The third-order valence-electron chi connectivity index (χ3n) is 6.59. The normalized spacial score (nSPS) is 15.4. The van der Waals surface area contributed by atoms with Gasteiger partial charge in [-0.25, -0.2) is 23.1 Å². The number of para-hydroxylation sites is 1. The van der Waals surface area contributed by atoms with Gasteiger partial charge >= 0.3 is 0 Å². The number of aromatic nitrogens is 2. The van der Waals surface area contributed by atoms with Crippen LogP contribution in [0.4, 0.5) is 17.3 Å². The second-order valence-electron chi connectivity index (χ2n) is 9.10. The molecule has 0 aliphatic carbocycles. The Hall–Kier alpha value is -3.83. The predicted molar refractivity (Wildman–Crippen MR) is 140 cm³/mol. The van der Waals surface area contributed by atoms with E-state index in [1.807, 2.05) is 24.3 Å². The average molecular weight is 521 g/mol. The van der Waals surface area contributed by atoms with Crippen LogP contribution in [0.25, 0.3) is 11.3 Å². The van der Waals surface area contributed by atoms with Gasteiger partial charge in [0.1, 0.15) is 0 Å². The molecular formula is C26H28N6O4S. The molecule has 192 valence electrons. The van der Waals surface area contributed by atoms with Crippen molar-refractivity contribution < 1.29 is 18.0 Å². The van der Waals surface area contributed by atoms with Crippen LogP contribution in [0.2, 0.25) is 0 Å². The number of rotatable bonds is 8. The molecule has 2 aliphatic rings. The molecule has 2 amide bonds. The molecule has 0 radical (unpaired) electrons. The van der Waals surface area contributed by atoms with Gasteiger partial charge in [-0.2, -0.15) is 0 Å². The number of hydrogen-bond donors (Lipinski definition) is 2. The van der Waals surface area contributed by atoms with Crippen LogP contribution in [0.15, 0.2) is 59.6 Å². The molecule has 37 heavy (non-hydrogen) atoms. The summed E-state index contributed by atoms with van der Waals surface area (Å²) in [6.07, 6.45) is 3.86. The highest BCUT2D eigenvalue weighted by atomic mass is 32.2. The van der Waals surface area contributed by atoms with E-state index in [0.29, 0.717) is 36.7 Å². The van der Waals surface area contributed by atoms with Gasteiger partial charge in [0.05, 0.1) is 22.7 Å². The SMILES string of the molecule is CN1C(=O)Cc2cnc(Nc3ccc(S(=O)(=O)NCCCN4CCCC4=O)cc3)nc2-c2ccccc21. The monoisotopic (exact) mass is 520 g/mol. The topological polar surface area (TPSA) is 125 Å². The zero-order valence-corrected chi connectivity index (χ0v) is 21.3. The third kappa shape index (κ3) is 5.32. The van der Waals surface area contributed by atoms with E-state index < -0.39 is 10.0 Å². The van der Waals surface area contributed by atoms with Crippen molar-refractivity contribution in [2.45, 2.75) is 30.6 Å². The van der Waals surface area contributed by atoms with Crippen LogP contribution < -0.4 is 14.9 Å². The van der Waals surface area contributed by atoms with Crippen LogP contribution in [0, 0.1) is 0 Å². The van der Waals surface area contributed by atoms with Crippen molar-refractivity contribution in [3.05, 3.63) is 60.3 Å². The second-order valence-corrected chi connectivity index (χ2v) is 10.9. The van der Waals surface area contributed by atoms with Crippen LogP contribution in [0.1, 0.15) is 24.8 Å². The first-order valence-electron chi connectivity index (χ1n) is 12.2. The molecule has 3 aromatic rings. The lowest BCUT2D eigenvalue weighted by atomic mass is 10.1. The van der Waals surface area contributed by atoms with Crippen molar-refractivity contribution in [1.29, 1.82) is 0 Å². The number of carbonyl (C=O) groups is 2. The minimum absolute atomic E-state index is 0.0366. The number of benzene rings is 2. The van der Waals surface area contributed by atoms with Crippen LogP contribution in [0.5, 0.6) is 0 Å². The summed E-state index contributed by atoms with van der Waals surface area (Å²) < 4.78 is 27.9. The van der Waals surface area contributed by atoms with Gasteiger partial charge in [-0.15, -0.1) is 0 Å². The summed E-state index contributed by atoms with van der Waals surface area (Å²) >= 11 is 0. The molecule has 1 saturated heterocycles. The van der Waals surface area contributed by atoms with Gasteiger partial charge in [0.25, 0.3) is 0 Å². The molecule has 1 fully saturated rings. The molecule has 0 bridgehead atoms. The average Bonchev–Trinajstić information content (AvgIpc) is 3.27. The number of likely N-dealkylation sites (tertiary alicyclic amines) is 1. The molecule has 2 aromatic carbocycles. The van der Waals surface area contributed by atoms with E-state index in [9.17, 15) is 18.0 Å². The van der Waals surface area contributed by atoms with E-state index in [0.717, 1.165) is 29.8 Å². The number of anilines is 3. The molecule has 0 spiro atoms. The number of amides is 2. The lowest BCUT2D eigenvalue weighted by molar-refractivity contribution is -0.127. The Morgan fingerprint density at radius 3 is 2.57 bits per heavy atom. The van der Waals surface area contributed by atoms with E-state index in [-0.39, 0.29) is 29.7 Å². The predicted octanol–water partition coefficient (Wildman–Crippen LogP) is 2.70. The maximum atomic E-state index is 12.7. The summed E-state index contributed by atoms with van der Waals surface area (Å²) in [5, 5.41) is 3.12. The van der Waals surface area contributed by atoms with E-state index >= 15 is 0 Å². The summed E-state index contributed by atoms with van der Waals surface area (Å²) in [6.45, 7) is 1.56. The minimum atomic E-state index is -3.67. The van der Waals surface area contributed by atoms with E-state index in [4.69, 9.17) is 0 Å². The molecule has 11 heteroatoms. The van der Waals surface area contributed by atoms with Gasteiger partial charge in [0, 0.05) is 56.1 Å². The number of sulfonamides is 1. The number of likely N-dealkylation sites (N-methyl/N-ethyl adjacent to an activating group) is 1. The van der Waals surface area contributed by atoms with Crippen molar-refractivity contribution >= 4 is 39.2 Å². The molecule has 5 rings (SSSR count). The second kappa shape index (κ2) is 10.3. The first kappa shape index (κ1) is 24.8. The highest BCUT2D eigenvalue weighted by Gasteiger charge is 2.25. The van der Waals surface area contributed by atoms with Crippen molar-refractivity contribution in [3.63, 3.8) is 0 Å². The quantitative estimate of drug-likeness (QED) is 0.438. The first-order valence-corrected chi connectivity index (χ1v) is 13.7. The molecule has 10 nitrogen and oxygen atoms in total. The number of nitrogens with one attached hydrogen (secondary N) is 2. The lowest BCUT2D eigenvalue weighted by Crippen LogP contribution is -2.30. The van der Waals surface area contributed by atoms with Crippen molar-refractivity contribution in [1.82, 2.24) is 19.6 Å². The molecule has 2 aliphatic heterocycles. The van der Waals surface area contributed by atoms with E-state index in [1.54, 1.807) is 35.2 Å². The zero-order valence-electron chi connectivity index (χ0n) is 20.5. The van der Waals surface area contributed by atoms with Crippen molar-refractivity contribution in [2.75, 3.05) is 36.9 Å². The van der Waals surface area contributed by atoms with Gasteiger partial charge in [-0.05, 0) is 43.2 Å². The Kier molecular flexibility index (Phi) is 6.90. The van der Waals surface area contributed by atoms with Crippen molar-refractivity contribution in [3.8, 4) is 11.3 Å². The fraction of sp³-hybridized carbons (Fsp3) is 0.308. The Labute approximate surface area is 215 Å². The van der Waals surface area contributed by atoms with Gasteiger partial charge in [0.15, 0.2) is 0 Å². The number of carbonyl (C=O) groups excluding carboxylic acids is 2. The highest BCUT2D eigenvalue weighted by Crippen LogP contribution is 2.35. The fourth-order valence-electron chi connectivity index (χ4n) is 4.56. The molecule has 0 atom stereocenters. The Bertz CT molecular complexity index is 1440. The minimum Gasteiger partial charge on any atom is -0.343 e. The highest BCUT2D eigenvalue weighted by molar-refractivity contribution is 7.89. The Morgan fingerprint density at radius 2 is 1.81 bits per heavy atom. The van der Waals surface area contributed by atoms with Crippen LogP contribution in [-0.4, -0.2) is 61.8 Å².